The summed E-state index contributed by atoms with van der Waals surface area (Å²) in [4.78, 5) is 27.7. The number of benzene rings is 2. The molecule has 7 nitrogen and oxygen atoms in total. The molecule has 0 fully saturated rings. The molecule has 2 aromatic rings. The minimum atomic E-state index is -3.59. The van der Waals surface area contributed by atoms with Crippen molar-refractivity contribution in [1.29, 1.82) is 0 Å². The number of carbonyl (C=O) groups is 2. The summed E-state index contributed by atoms with van der Waals surface area (Å²) < 4.78 is 27.2. The van der Waals surface area contributed by atoms with Gasteiger partial charge in [-0.1, -0.05) is 59.1 Å². The van der Waals surface area contributed by atoms with Gasteiger partial charge in [0.1, 0.15) is 6.04 Å². The predicted molar refractivity (Wildman–Crippen MR) is 150 cm³/mol. The minimum absolute atomic E-state index is 0.0895. The van der Waals surface area contributed by atoms with E-state index >= 15 is 0 Å². The fourth-order valence-corrected chi connectivity index (χ4v) is 5.41. The van der Waals surface area contributed by atoms with Crippen LogP contribution in [0.1, 0.15) is 50.7 Å². The second-order valence-corrected chi connectivity index (χ2v) is 12.1. The van der Waals surface area contributed by atoms with Crippen LogP contribution in [-0.4, -0.2) is 50.5 Å². The molecule has 0 aromatic heterocycles. The van der Waals surface area contributed by atoms with Gasteiger partial charge in [0, 0.05) is 35.6 Å². The van der Waals surface area contributed by atoms with Crippen LogP contribution in [0.2, 0.25) is 5.02 Å². The van der Waals surface area contributed by atoms with Gasteiger partial charge in [0.2, 0.25) is 21.8 Å². The first-order valence-electron chi connectivity index (χ1n) is 12.0. The van der Waals surface area contributed by atoms with Gasteiger partial charge < -0.3 is 10.2 Å². The molecule has 0 heterocycles. The SMILES string of the molecule is CCCCNC(=O)C(C)N(Cc1cccc(Br)c1)C(=O)CCCN(c1cc(Cl)ccc1C)S(C)(=O)=O. The Labute approximate surface area is 228 Å². The summed E-state index contributed by atoms with van der Waals surface area (Å²) in [6.07, 6.45) is 3.33. The van der Waals surface area contributed by atoms with Crippen LogP contribution >= 0.6 is 27.5 Å². The Morgan fingerprint density at radius 1 is 1.14 bits per heavy atom. The number of nitrogens with zero attached hydrogens (tertiary/aromatic N) is 2. The van der Waals surface area contributed by atoms with Gasteiger partial charge in [0.05, 0.1) is 11.9 Å². The molecule has 0 aliphatic heterocycles. The van der Waals surface area contributed by atoms with E-state index in [-0.39, 0.29) is 37.7 Å². The molecular formula is C26H35BrClN3O4S. The average molecular weight is 601 g/mol. The molecule has 2 rings (SSSR count). The molecule has 1 N–H and O–H groups in total. The smallest absolute Gasteiger partial charge is 0.242 e. The Morgan fingerprint density at radius 3 is 2.50 bits per heavy atom. The quantitative estimate of drug-likeness (QED) is 0.317. The number of amides is 2. The lowest BCUT2D eigenvalue weighted by Gasteiger charge is -2.29. The molecule has 1 atom stereocenters. The Hall–Kier alpha value is -2.10. The van der Waals surface area contributed by atoms with E-state index in [0.717, 1.165) is 34.7 Å². The van der Waals surface area contributed by atoms with Gasteiger partial charge in [-0.05, 0) is 62.1 Å². The number of anilines is 1. The van der Waals surface area contributed by atoms with Crippen molar-refractivity contribution < 1.29 is 18.0 Å². The molecule has 1 unspecified atom stereocenters. The van der Waals surface area contributed by atoms with Crippen molar-refractivity contribution >= 4 is 55.1 Å². The van der Waals surface area contributed by atoms with E-state index in [2.05, 4.69) is 21.2 Å². The summed E-state index contributed by atoms with van der Waals surface area (Å²) in [5.41, 5.74) is 2.15. The summed E-state index contributed by atoms with van der Waals surface area (Å²) in [7, 11) is -3.59. The van der Waals surface area contributed by atoms with Crippen molar-refractivity contribution in [3.63, 3.8) is 0 Å². The van der Waals surface area contributed by atoms with Gasteiger partial charge in [0.15, 0.2) is 0 Å². The van der Waals surface area contributed by atoms with Crippen LogP contribution < -0.4 is 9.62 Å². The van der Waals surface area contributed by atoms with Crippen molar-refractivity contribution in [2.24, 2.45) is 0 Å². The number of hydrogen-bond acceptors (Lipinski definition) is 4. The summed E-state index contributed by atoms with van der Waals surface area (Å²) >= 11 is 9.56. The van der Waals surface area contributed by atoms with Gasteiger partial charge in [-0.3, -0.25) is 13.9 Å². The molecule has 0 aliphatic carbocycles. The molecular weight excluding hydrogens is 566 g/mol. The number of hydrogen-bond donors (Lipinski definition) is 1. The standard InChI is InChI=1S/C26H35BrClN3O4S/c1-5-6-14-29-26(33)20(3)30(18-21-9-7-10-22(27)16-21)25(32)11-8-15-31(36(4,34)35)24-17-23(28)13-12-19(24)2/h7,9-10,12-13,16-17,20H,5-6,8,11,14-15,18H2,1-4H3,(H,29,33). The van der Waals surface area contributed by atoms with Crippen LogP contribution in [0, 0.1) is 6.92 Å². The molecule has 36 heavy (non-hydrogen) atoms. The Balaban J connectivity index is 2.18. The third-order valence-corrected chi connectivity index (χ3v) is 7.74. The number of halogens is 2. The van der Waals surface area contributed by atoms with Gasteiger partial charge in [-0.15, -0.1) is 0 Å². The van der Waals surface area contributed by atoms with Crippen molar-refractivity contribution in [2.75, 3.05) is 23.7 Å². The van der Waals surface area contributed by atoms with Crippen molar-refractivity contribution in [3.8, 4) is 0 Å². The van der Waals surface area contributed by atoms with Crippen LogP contribution in [0.5, 0.6) is 0 Å². The van der Waals surface area contributed by atoms with Crippen LogP contribution in [0.4, 0.5) is 5.69 Å². The zero-order valence-electron chi connectivity index (χ0n) is 21.3. The first-order valence-corrected chi connectivity index (χ1v) is 15.0. The van der Waals surface area contributed by atoms with E-state index in [1.807, 2.05) is 38.1 Å². The lowest BCUT2D eigenvalue weighted by molar-refractivity contribution is -0.140. The average Bonchev–Trinajstić information content (AvgIpc) is 2.81. The lowest BCUT2D eigenvalue weighted by atomic mass is 10.1. The lowest BCUT2D eigenvalue weighted by Crippen LogP contribution is -2.48. The summed E-state index contributed by atoms with van der Waals surface area (Å²) in [5.74, 6) is -0.427. The predicted octanol–water partition coefficient (Wildman–Crippen LogP) is 5.29. The minimum Gasteiger partial charge on any atom is -0.354 e. The number of sulfonamides is 1. The molecule has 2 aromatic carbocycles. The number of rotatable bonds is 13. The second-order valence-electron chi connectivity index (χ2n) is 8.84. The number of aryl methyl sites for hydroxylation is 1. The summed E-state index contributed by atoms with van der Waals surface area (Å²) in [6, 6.07) is 12.0. The zero-order chi connectivity index (χ0) is 26.9. The van der Waals surface area contributed by atoms with E-state index in [4.69, 9.17) is 11.6 Å². The highest BCUT2D eigenvalue weighted by atomic mass is 79.9. The highest BCUT2D eigenvalue weighted by Gasteiger charge is 2.27. The third-order valence-electron chi connectivity index (χ3n) is 5.83. The molecule has 0 radical (unpaired) electrons. The molecule has 0 saturated heterocycles. The first kappa shape index (κ1) is 30.1. The van der Waals surface area contributed by atoms with Crippen molar-refractivity contribution in [3.05, 3.63) is 63.1 Å². The number of unbranched alkanes of at least 4 members (excludes halogenated alkanes) is 1. The third kappa shape index (κ3) is 9.09. The Kier molecular flexibility index (Phi) is 11.7. The number of nitrogens with one attached hydrogen (secondary N) is 1. The monoisotopic (exact) mass is 599 g/mol. The van der Waals surface area contributed by atoms with Gasteiger partial charge in [-0.2, -0.15) is 0 Å². The maximum absolute atomic E-state index is 13.3. The molecule has 198 valence electrons. The van der Waals surface area contributed by atoms with E-state index in [0.29, 0.717) is 17.3 Å². The highest BCUT2D eigenvalue weighted by molar-refractivity contribution is 9.10. The van der Waals surface area contributed by atoms with Crippen LogP contribution in [0.25, 0.3) is 0 Å². The van der Waals surface area contributed by atoms with Crippen molar-refractivity contribution in [1.82, 2.24) is 10.2 Å². The Bertz CT molecular complexity index is 1160. The molecule has 0 saturated carbocycles. The molecule has 0 bridgehead atoms. The summed E-state index contributed by atoms with van der Waals surface area (Å²) in [5, 5.41) is 3.33. The molecule has 2 amide bonds. The normalized spacial score (nSPS) is 12.2. The highest BCUT2D eigenvalue weighted by Crippen LogP contribution is 2.27. The number of carbonyl (C=O) groups excluding carboxylic acids is 2. The van der Waals surface area contributed by atoms with Gasteiger partial charge in [-0.25, -0.2) is 8.42 Å². The molecule has 0 spiro atoms. The topological polar surface area (TPSA) is 86.8 Å². The largest absolute Gasteiger partial charge is 0.354 e. The fraction of sp³-hybridized carbons (Fsp3) is 0.462. The van der Waals surface area contributed by atoms with E-state index in [1.165, 1.54) is 4.31 Å². The van der Waals surface area contributed by atoms with E-state index in [9.17, 15) is 18.0 Å². The first-order chi connectivity index (χ1) is 16.9. The summed E-state index contributed by atoms with van der Waals surface area (Å²) in [6.45, 7) is 6.52. The molecule has 0 aliphatic rings. The molecule has 10 heteroatoms. The van der Waals surface area contributed by atoms with Crippen LogP contribution in [0.15, 0.2) is 46.9 Å². The van der Waals surface area contributed by atoms with E-state index in [1.54, 1.807) is 30.0 Å². The maximum Gasteiger partial charge on any atom is 0.242 e. The van der Waals surface area contributed by atoms with Gasteiger partial charge >= 0.3 is 0 Å². The zero-order valence-corrected chi connectivity index (χ0v) is 24.4. The van der Waals surface area contributed by atoms with Crippen LogP contribution in [-0.2, 0) is 26.2 Å². The maximum atomic E-state index is 13.3. The van der Waals surface area contributed by atoms with Crippen molar-refractivity contribution in [2.45, 2.75) is 59.0 Å². The fourth-order valence-electron chi connectivity index (χ4n) is 3.78. The van der Waals surface area contributed by atoms with Crippen LogP contribution in [0.3, 0.4) is 0 Å². The van der Waals surface area contributed by atoms with E-state index < -0.39 is 16.1 Å². The Morgan fingerprint density at radius 2 is 1.86 bits per heavy atom. The van der Waals surface area contributed by atoms with Gasteiger partial charge in [0.25, 0.3) is 0 Å². The second kappa shape index (κ2) is 14.0.